The highest BCUT2D eigenvalue weighted by Crippen LogP contribution is 2.25. The van der Waals surface area contributed by atoms with Crippen molar-refractivity contribution >= 4 is 33.5 Å². The number of carbonyl (C=O) groups is 2. The summed E-state index contributed by atoms with van der Waals surface area (Å²) in [5.74, 6) is -1.58. The summed E-state index contributed by atoms with van der Waals surface area (Å²) in [6, 6.07) is 3.38. The van der Waals surface area contributed by atoms with Gasteiger partial charge in [-0.1, -0.05) is 0 Å². The number of amides is 1. The van der Waals surface area contributed by atoms with Crippen LogP contribution in [0.5, 0.6) is 0 Å². The van der Waals surface area contributed by atoms with E-state index in [1.807, 2.05) is 0 Å². The SMILES string of the molecule is CC(CC(=O)O)NC(=O)c1ccc(Br)c([N+](=O)[O-])c1. The van der Waals surface area contributed by atoms with Crippen LogP contribution in [0.25, 0.3) is 0 Å². The highest BCUT2D eigenvalue weighted by Gasteiger charge is 2.17. The number of hydrogen-bond acceptors (Lipinski definition) is 4. The standard InChI is InChI=1S/C11H11BrN2O5/c1-6(4-10(15)16)13-11(17)7-2-3-8(12)9(5-7)14(18)19/h2-3,5-6H,4H2,1H3,(H,13,17)(H,15,16). The van der Waals surface area contributed by atoms with Gasteiger partial charge < -0.3 is 10.4 Å². The Balaban J connectivity index is 2.86. The number of carbonyl (C=O) groups excluding carboxylic acids is 1. The Morgan fingerprint density at radius 1 is 1.53 bits per heavy atom. The third kappa shape index (κ3) is 4.32. The smallest absolute Gasteiger partial charge is 0.305 e. The molecule has 0 aliphatic heterocycles. The molecule has 1 aromatic carbocycles. The maximum Gasteiger partial charge on any atom is 0.305 e. The van der Waals surface area contributed by atoms with Gasteiger partial charge in [0.15, 0.2) is 0 Å². The molecule has 8 heteroatoms. The molecule has 0 saturated heterocycles. The Hall–Kier alpha value is -1.96. The van der Waals surface area contributed by atoms with E-state index in [0.29, 0.717) is 0 Å². The third-order valence-electron chi connectivity index (χ3n) is 2.26. The third-order valence-corrected chi connectivity index (χ3v) is 2.93. The lowest BCUT2D eigenvalue weighted by molar-refractivity contribution is -0.385. The largest absolute Gasteiger partial charge is 0.481 e. The number of halogens is 1. The second kappa shape index (κ2) is 6.28. The van der Waals surface area contributed by atoms with E-state index in [0.717, 1.165) is 6.07 Å². The van der Waals surface area contributed by atoms with Crippen LogP contribution < -0.4 is 5.32 Å². The normalized spacial score (nSPS) is 11.7. The zero-order valence-corrected chi connectivity index (χ0v) is 11.5. The van der Waals surface area contributed by atoms with Gasteiger partial charge in [0.25, 0.3) is 11.6 Å². The Labute approximate surface area is 116 Å². The van der Waals surface area contributed by atoms with Gasteiger partial charge in [-0.15, -0.1) is 0 Å². The van der Waals surface area contributed by atoms with Crippen molar-refractivity contribution in [3.63, 3.8) is 0 Å². The molecule has 102 valence electrons. The molecule has 0 radical (unpaired) electrons. The van der Waals surface area contributed by atoms with Crippen LogP contribution in [-0.4, -0.2) is 27.9 Å². The molecule has 1 unspecified atom stereocenters. The maximum atomic E-state index is 11.8. The van der Waals surface area contributed by atoms with E-state index in [4.69, 9.17) is 5.11 Å². The summed E-state index contributed by atoms with van der Waals surface area (Å²) in [6.07, 6.45) is -0.218. The summed E-state index contributed by atoms with van der Waals surface area (Å²) in [5.41, 5.74) is -0.120. The van der Waals surface area contributed by atoms with Crippen LogP contribution in [0.1, 0.15) is 23.7 Å². The molecule has 1 atom stereocenters. The summed E-state index contributed by atoms with van der Waals surface area (Å²) in [6.45, 7) is 1.54. The molecule has 0 bridgehead atoms. The summed E-state index contributed by atoms with van der Waals surface area (Å²) in [5, 5.41) is 21.8. The maximum absolute atomic E-state index is 11.8. The Morgan fingerprint density at radius 3 is 2.68 bits per heavy atom. The van der Waals surface area contributed by atoms with Crippen LogP contribution in [0.3, 0.4) is 0 Å². The fourth-order valence-corrected chi connectivity index (χ4v) is 1.81. The first-order chi connectivity index (χ1) is 8.81. The van der Waals surface area contributed by atoms with Crippen molar-refractivity contribution in [1.82, 2.24) is 5.32 Å². The summed E-state index contributed by atoms with van der Waals surface area (Å²) in [4.78, 5) is 32.4. The Morgan fingerprint density at radius 2 is 2.16 bits per heavy atom. The minimum Gasteiger partial charge on any atom is -0.481 e. The van der Waals surface area contributed by atoms with Gasteiger partial charge in [-0.3, -0.25) is 19.7 Å². The van der Waals surface area contributed by atoms with Crippen molar-refractivity contribution in [3.8, 4) is 0 Å². The van der Waals surface area contributed by atoms with Gasteiger partial charge in [-0.2, -0.15) is 0 Å². The van der Waals surface area contributed by atoms with E-state index in [2.05, 4.69) is 21.2 Å². The van der Waals surface area contributed by atoms with E-state index >= 15 is 0 Å². The van der Waals surface area contributed by atoms with Crippen molar-refractivity contribution in [2.24, 2.45) is 0 Å². The molecule has 0 aromatic heterocycles. The average Bonchev–Trinajstić information content (AvgIpc) is 2.27. The van der Waals surface area contributed by atoms with E-state index in [1.165, 1.54) is 12.1 Å². The van der Waals surface area contributed by atoms with Crippen molar-refractivity contribution in [2.75, 3.05) is 0 Å². The summed E-state index contributed by atoms with van der Waals surface area (Å²) < 4.78 is 0.271. The van der Waals surface area contributed by atoms with Gasteiger partial charge in [0.05, 0.1) is 15.8 Å². The molecular formula is C11H11BrN2O5. The number of benzene rings is 1. The first-order valence-corrected chi connectivity index (χ1v) is 6.07. The number of nitro benzene ring substituents is 1. The van der Waals surface area contributed by atoms with Gasteiger partial charge >= 0.3 is 5.97 Å². The highest BCUT2D eigenvalue weighted by atomic mass is 79.9. The van der Waals surface area contributed by atoms with Gasteiger partial charge in [0.2, 0.25) is 0 Å². The minimum atomic E-state index is -1.03. The van der Waals surface area contributed by atoms with Crippen LogP contribution >= 0.6 is 15.9 Å². The fraction of sp³-hybridized carbons (Fsp3) is 0.273. The first kappa shape index (κ1) is 15.1. The summed E-state index contributed by atoms with van der Waals surface area (Å²) in [7, 11) is 0. The number of carboxylic acid groups (broad SMARTS) is 1. The van der Waals surface area contributed by atoms with Crippen LogP contribution in [0.4, 0.5) is 5.69 Å². The lowest BCUT2D eigenvalue weighted by Gasteiger charge is -2.11. The molecule has 2 N–H and O–H groups in total. The molecule has 0 fully saturated rings. The fourth-order valence-electron chi connectivity index (χ4n) is 1.41. The van der Waals surface area contributed by atoms with Crippen molar-refractivity contribution in [2.45, 2.75) is 19.4 Å². The van der Waals surface area contributed by atoms with Crippen molar-refractivity contribution in [1.29, 1.82) is 0 Å². The number of rotatable bonds is 5. The van der Waals surface area contributed by atoms with Crippen molar-refractivity contribution in [3.05, 3.63) is 38.3 Å². The predicted molar refractivity (Wildman–Crippen MR) is 70.0 cm³/mol. The molecule has 0 spiro atoms. The van der Waals surface area contributed by atoms with Crippen LogP contribution in [-0.2, 0) is 4.79 Å². The second-order valence-electron chi connectivity index (χ2n) is 3.90. The Kier molecular flexibility index (Phi) is 4.99. The first-order valence-electron chi connectivity index (χ1n) is 5.28. The molecular weight excluding hydrogens is 320 g/mol. The molecule has 0 heterocycles. The predicted octanol–water partition coefficient (Wildman–Crippen LogP) is 1.95. The van der Waals surface area contributed by atoms with E-state index in [-0.39, 0.29) is 22.1 Å². The molecule has 0 saturated carbocycles. The quantitative estimate of drug-likeness (QED) is 0.633. The van der Waals surface area contributed by atoms with Gasteiger partial charge in [0, 0.05) is 17.7 Å². The van der Waals surface area contributed by atoms with Gasteiger partial charge in [0.1, 0.15) is 0 Å². The van der Waals surface area contributed by atoms with E-state index in [1.54, 1.807) is 6.92 Å². The number of aliphatic carboxylic acids is 1. The van der Waals surface area contributed by atoms with Gasteiger partial charge in [-0.25, -0.2) is 0 Å². The zero-order chi connectivity index (χ0) is 14.6. The number of hydrogen-bond donors (Lipinski definition) is 2. The number of nitrogens with one attached hydrogen (secondary N) is 1. The lowest BCUT2D eigenvalue weighted by Crippen LogP contribution is -2.34. The van der Waals surface area contributed by atoms with Crippen molar-refractivity contribution < 1.29 is 19.6 Å². The number of carboxylic acids is 1. The molecule has 1 rings (SSSR count). The topological polar surface area (TPSA) is 110 Å². The zero-order valence-electron chi connectivity index (χ0n) is 9.92. The van der Waals surface area contributed by atoms with E-state index < -0.39 is 22.8 Å². The molecule has 1 amide bonds. The van der Waals surface area contributed by atoms with Crippen LogP contribution in [0.15, 0.2) is 22.7 Å². The molecule has 0 aliphatic carbocycles. The monoisotopic (exact) mass is 330 g/mol. The van der Waals surface area contributed by atoms with E-state index in [9.17, 15) is 19.7 Å². The lowest BCUT2D eigenvalue weighted by atomic mass is 10.1. The number of nitrogens with zero attached hydrogens (tertiary/aromatic N) is 1. The molecule has 7 nitrogen and oxygen atoms in total. The molecule has 0 aliphatic rings. The molecule has 1 aromatic rings. The highest BCUT2D eigenvalue weighted by molar-refractivity contribution is 9.10. The average molecular weight is 331 g/mol. The molecule has 19 heavy (non-hydrogen) atoms. The number of nitro groups is 1. The Bertz CT molecular complexity index is 532. The van der Waals surface area contributed by atoms with Crippen LogP contribution in [0.2, 0.25) is 0 Å². The van der Waals surface area contributed by atoms with Gasteiger partial charge in [-0.05, 0) is 35.0 Å². The minimum absolute atomic E-state index is 0.104. The summed E-state index contributed by atoms with van der Waals surface area (Å²) >= 11 is 3.01. The second-order valence-corrected chi connectivity index (χ2v) is 4.75. The van der Waals surface area contributed by atoms with Crippen LogP contribution in [0, 0.1) is 10.1 Å².